The molecule has 1 saturated heterocycles. The average Bonchev–Trinajstić information content (AvgIpc) is 2.60. The van der Waals surface area contributed by atoms with Gasteiger partial charge in [0.2, 0.25) is 0 Å². The maximum atomic E-state index is 5.52. The predicted octanol–water partition coefficient (Wildman–Crippen LogP) is 3.93. The summed E-state index contributed by atoms with van der Waals surface area (Å²) in [5.41, 5.74) is 4.04. The molecule has 1 aliphatic heterocycles. The maximum absolute atomic E-state index is 5.52. The first-order valence-corrected chi connectivity index (χ1v) is 10.5. The zero-order valence-corrected chi connectivity index (χ0v) is 19.7. The van der Waals surface area contributed by atoms with E-state index in [0.29, 0.717) is 0 Å². The van der Waals surface area contributed by atoms with Crippen molar-refractivity contribution >= 4 is 41.7 Å². The van der Waals surface area contributed by atoms with Gasteiger partial charge < -0.3 is 15.4 Å². The van der Waals surface area contributed by atoms with Gasteiger partial charge in [-0.1, -0.05) is 29.3 Å². The molecule has 0 aliphatic carbocycles. The smallest absolute Gasteiger partial charge is 0.191 e. The van der Waals surface area contributed by atoms with Crippen LogP contribution in [-0.2, 0) is 11.2 Å². The number of hydrogen-bond donors (Lipinski definition) is 2. The number of rotatable bonds is 7. The van der Waals surface area contributed by atoms with Crippen LogP contribution in [0.4, 0.5) is 0 Å². The molecule has 1 aromatic rings. The van der Waals surface area contributed by atoms with Gasteiger partial charge in [-0.25, -0.2) is 0 Å². The molecular weight excluding hydrogens is 457 g/mol. The molecule has 26 heavy (non-hydrogen) atoms. The molecule has 2 rings (SSSR count). The summed E-state index contributed by atoms with van der Waals surface area (Å²) in [7, 11) is 0. The number of benzene rings is 1. The first kappa shape index (κ1) is 23.6. The van der Waals surface area contributed by atoms with Crippen molar-refractivity contribution < 1.29 is 4.74 Å². The number of nitrogens with zero attached hydrogens (tertiary/aromatic N) is 1. The third-order valence-corrected chi connectivity index (χ3v) is 6.10. The lowest BCUT2D eigenvalue weighted by Gasteiger charge is -2.34. The summed E-state index contributed by atoms with van der Waals surface area (Å²) in [5, 5.41) is 6.86. The van der Waals surface area contributed by atoms with Gasteiger partial charge in [0.05, 0.1) is 6.54 Å². The van der Waals surface area contributed by atoms with Crippen LogP contribution in [-0.4, -0.2) is 49.8 Å². The van der Waals surface area contributed by atoms with E-state index in [1.807, 2.05) is 11.8 Å². The molecule has 2 N–H and O–H groups in total. The summed E-state index contributed by atoms with van der Waals surface area (Å²) in [5.74, 6) is 0.923. The second-order valence-corrected chi connectivity index (χ2v) is 8.14. The Morgan fingerprint density at radius 3 is 2.38 bits per heavy atom. The zero-order chi connectivity index (χ0) is 18.1. The second kappa shape index (κ2) is 12.1. The SMILES string of the molecule is CCNC(=NCC1(SC)CCOCC1)NCCc1cc(C)cc(C)c1.I. The number of hydrogen-bond acceptors (Lipinski definition) is 3. The van der Waals surface area contributed by atoms with Crippen LogP contribution in [0, 0.1) is 13.8 Å². The van der Waals surface area contributed by atoms with Crippen LogP contribution < -0.4 is 10.6 Å². The summed E-state index contributed by atoms with van der Waals surface area (Å²) in [6.07, 6.45) is 5.37. The number of aryl methyl sites for hydroxylation is 2. The Hall–Kier alpha value is -0.470. The van der Waals surface area contributed by atoms with Crippen LogP contribution in [0.3, 0.4) is 0 Å². The van der Waals surface area contributed by atoms with E-state index in [1.54, 1.807) is 0 Å². The van der Waals surface area contributed by atoms with Crippen LogP contribution in [0.25, 0.3) is 0 Å². The minimum atomic E-state index is 0. The van der Waals surface area contributed by atoms with Gasteiger partial charge in [0.25, 0.3) is 0 Å². The van der Waals surface area contributed by atoms with Crippen molar-refractivity contribution in [3.8, 4) is 0 Å². The van der Waals surface area contributed by atoms with E-state index in [-0.39, 0.29) is 28.7 Å². The van der Waals surface area contributed by atoms with E-state index >= 15 is 0 Å². The van der Waals surface area contributed by atoms with E-state index < -0.39 is 0 Å². The van der Waals surface area contributed by atoms with Crippen molar-refractivity contribution in [1.82, 2.24) is 10.6 Å². The molecule has 1 fully saturated rings. The number of aliphatic imine (C=N–C) groups is 1. The van der Waals surface area contributed by atoms with Crippen molar-refractivity contribution in [3.63, 3.8) is 0 Å². The van der Waals surface area contributed by atoms with Crippen molar-refractivity contribution in [2.45, 2.75) is 44.8 Å². The molecular formula is C20H34IN3OS. The molecule has 0 saturated carbocycles. The lowest BCUT2D eigenvalue weighted by molar-refractivity contribution is 0.0794. The molecule has 4 nitrogen and oxygen atoms in total. The number of thioether (sulfide) groups is 1. The quantitative estimate of drug-likeness (QED) is 0.345. The third kappa shape index (κ3) is 7.64. The molecule has 1 heterocycles. The monoisotopic (exact) mass is 491 g/mol. The lowest BCUT2D eigenvalue weighted by atomic mass is 9.99. The van der Waals surface area contributed by atoms with Crippen molar-refractivity contribution in [3.05, 3.63) is 34.9 Å². The van der Waals surface area contributed by atoms with E-state index in [4.69, 9.17) is 9.73 Å². The fourth-order valence-electron chi connectivity index (χ4n) is 3.27. The Kier molecular flexibility index (Phi) is 11.0. The van der Waals surface area contributed by atoms with Gasteiger partial charge in [-0.3, -0.25) is 4.99 Å². The molecule has 0 bridgehead atoms. The van der Waals surface area contributed by atoms with E-state index in [9.17, 15) is 0 Å². The summed E-state index contributed by atoms with van der Waals surface area (Å²) in [6.45, 7) is 10.8. The minimum absolute atomic E-state index is 0. The number of halogens is 1. The van der Waals surface area contributed by atoms with Gasteiger partial charge in [-0.05, 0) is 51.9 Å². The fourth-order valence-corrected chi connectivity index (χ4v) is 4.04. The predicted molar refractivity (Wildman–Crippen MR) is 125 cm³/mol. The standard InChI is InChI=1S/C20H33N3OS.HI/c1-5-21-19(23-15-20(25-4)7-10-24-11-8-20)22-9-6-18-13-16(2)12-17(3)14-18;/h12-14H,5-11,15H2,1-4H3,(H2,21,22,23);1H. The summed E-state index contributed by atoms with van der Waals surface area (Å²) in [4.78, 5) is 4.86. The summed E-state index contributed by atoms with van der Waals surface area (Å²) in [6, 6.07) is 6.76. The second-order valence-electron chi connectivity index (χ2n) is 6.87. The highest BCUT2D eigenvalue weighted by molar-refractivity contribution is 14.0. The largest absolute Gasteiger partial charge is 0.381 e. The first-order chi connectivity index (χ1) is 12.1. The lowest BCUT2D eigenvalue weighted by Crippen LogP contribution is -2.41. The Morgan fingerprint density at radius 2 is 1.81 bits per heavy atom. The molecule has 0 unspecified atom stereocenters. The van der Waals surface area contributed by atoms with Crippen LogP contribution in [0.5, 0.6) is 0 Å². The highest BCUT2D eigenvalue weighted by Gasteiger charge is 2.31. The van der Waals surface area contributed by atoms with E-state index in [0.717, 1.165) is 58.1 Å². The first-order valence-electron chi connectivity index (χ1n) is 9.29. The van der Waals surface area contributed by atoms with Gasteiger partial charge in [0, 0.05) is 31.1 Å². The summed E-state index contributed by atoms with van der Waals surface area (Å²) < 4.78 is 5.75. The van der Waals surface area contributed by atoms with Crippen LogP contribution >= 0.6 is 35.7 Å². The molecule has 1 aromatic carbocycles. The van der Waals surface area contributed by atoms with Gasteiger partial charge in [0.15, 0.2) is 5.96 Å². The number of ether oxygens (including phenoxy) is 1. The minimum Gasteiger partial charge on any atom is -0.381 e. The van der Waals surface area contributed by atoms with Gasteiger partial charge in [0.1, 0.15) is 0 Å². The van der Waals surface area contributed by atoms with Crippen LogP contribution in [0.1, 0.15) is 36.5 Å². The summed E-state index contributed by atoms with van der Waals surface area (Å²) >= 11 is 1.93. The molecule has 6 heteroatoms. The van der Waals surface area contributed by atoms with Crippen molar-refractivity contribution in [2.75, 3.05) is 39.1 Å². The highest BCUT2D eigenvalue weighted by Crippen LogP contribution is 2.33. The Bertz CT molecular complexity index is 554. The Balaban J connectivity index is 0.00000338. The third-order valence-electron chi connectivity index (χ3n) is 4.69. The van der Waals surface area contributed by atoms with E-state index in [1.165, 1.54) is 16.7 Å². The average molecular weight is 491 g/mol. The topological polar surface area (TPSA) is 45.7 Å². The normalized spacial score (nSPS) is 16.7. The van der Waals surface area contributed by atoms with Crippen LogP contribution in [0.15, 0.2) is 23.2 Å². The molecule has 148 valence electrons. The fraction of sp³-hybridized carbons (Fsp3) is 0.650. The van der Waals surface area contributed by atoms with Gasteiger partial charge in [-0.2, -0.15) is 11.8 Å². The molecule has 0 radical (unpaired) electrons. The molecule has 0 amide bonds. The molecule has 0 atom stereocenters. The van der Waals surface area contributed by atoms with Crippen molar-refractivity contribution in [1.29, 1.82) is 0 Å². The molecule has 0 aromatic heterocycles. The van der Waals surface area contributed by atoms with Crippen molar-refractivity contribution in [2.24, 2.45) is 4.99 Å². The Labute approximate surface area is 180 Å². The zero-order valence-electron chi connectivity index (χ0n) is 16.6. The van der Waals surface area contributed by atoms with E-state index in [2.05, 4.69) is 55.9 Å². The number of nitrogens with one attached hydrogen (secondary N) is 2. The Morgan fingerprint density at radius 1 is 1.15 bits per heavy atom. The highest BCUT2D eigenvalue weighted by atomic mass is 127. The number of guanidine groups is 1. The molecule has 0 spiro atoms. The maximum Gasteiger partial charge on any atom is 0.191 e. The molecule has 1 aliphatic rings. The van der Waals surface area contributed by atoms with Gasteiger partial charge in [-0.15, -0.1) is 24.0 Å². The van der Waals surface area contributed by atoms with Crippen LogP contribution in [0.2, 0.25) is 0 Å². The van der Waals surface area contributed by atoms with Gasteiger partial charge >= 0.3 is 0 Å².